The number of halogens is 5. The van der Waals surface area contributed by atoms with Gasteiger partial charge in [-0.2, -0.15) is 13.2 Å². The summed E-state index contributed by atoms with van der Waals surface area (Å²) >= 11 is 1.04. The van der Waals surface area contributed by atoms with Gasteiger partial charge in [0.05, 0.1) is 53.1 Å². The van der Waals surface area contributed by atoms with Gasteiger partial charge in [0.1, 0.15) is 19.5 Å². The average molecular weight is 630 g/mol. The molecule has 0 bridgehead atoms. The third-order valence-corrected chi connectivity index (χ3v) is 9.54. The molecule has 1 saturated heterocycles. The fourth-order valence-corrected chi connectivity index (χ4v) is 6.80. The fraction of sp³-hybridized carbons (Fsp3) is 0.448. The van der Waals surface area contributed by atoms with Gasteiger partial charge in [0.15, 0.2) is 0 Å². The van der Waals surface area contributed by atoms with Gasteiger partial charge < -0.3 is 29.9 Å². The van der Waals surface area contributed by atoms with E-state index in [9.17, 15) is 26.5 Å². The molecule has 0 amide bonds. The van der Waals surface area contributed by atoms with Crippen molar-refractivity contribution in [2.75, 3.05) is 63.9 Å². The summed E-state index contributed by atoms with van der Waals surface area (Å²) in [4.78, 5) is 1.76. The lowest BCUT2D eigenvalue weighted by Gasteiger charge is -2.37. The number of benzene rings is 2. The number of anilines is 2. The predicted molar refractivity (Wildman–Crippen MR) is 160 cm³/mol. The van der Waals surface area contributed by atoms with Crippen LogP contribution in [0, 0.1) is 11.8 Å². The predicted octanol–water partition coefficient (Wildman–Crippen LogP) is 5.84. The first kappa shape index (κ1) is 32.1. The van der Waals surface area contributed by atoms with Crippen molar-refractivity contribution in [2.24, 2.45) is 0 Å². The summed E-state index contributed by atoms with van der Waals surface area (Å²) in [5, 5.41) is 16.0. The number of hydrogen-bond acceptors (Lipinski definition) is 7. The Kier molecular flexibility index (Phi) is 9.78. The van der Waals surface area contributed by atoms with Gasteiger partial charge >= 0.3 is 6.18 Å². The zero-order valence-electron chi connectivity index (χ0n) is 23.4. The molecule has 1 unspecified atom stereocenters. The number of nitrogens with zero attached hydrogens (tertiary/aromatic N) is 1. The Morgan fingerprint density at radius 3 is 2.64 bits per heavy atom. The average Bonchev–Trinajstić information content (AvgIpc) is 3.23. The smallest absolute Gasteiger partial charge is 0.393 e. The second-order valence-corrected chi connectivity index (χ2v) is 14.9. The van der Waals surface area contributed by atoms with Crippen LogP contribution in [0.3, 0.4) is 0 Å². The number of rotatable bonds is 9. The maximum atomic E-state index is 14.7. The van der Waals surface area contributed by atoms with Crippen LogP contribution in [0.15, 0.2) is 36.4 Å². The van der Waals surface area contributed by atoms with Crippen LogP contribution in [0.5, 0.6) is 5.75 Å². The van der Waals surface area contributed by atoms with E-state index in [0.29, 0.717) is 39.1 Å². The molecule has 1 atom stereocenters. The molecule has 6 nitrogen and oxygen atoms in total. The van der Waals surface area contributed by atoms with Crippen molar-refractivity contribution in [1.29, 1.82) is 0 Å². The number of alkyl halides is 5. The summed E-state index contributed by atoms with van der Waals surface area (Å²) in [6, 6.07) is 8.57. The largest absolute Gasteiger partial charge is 0.489 e. The van der Waals surface area contributed by atoms with Crippen LogP contribution in [-0.2, 0) is 11.0 Å². The monoisotopic (exact) mass is 629 g/mol. The Morgan fingerprint density at radius 2 is 1.98 bits per heavy atom. The molecule has 2 heterocycles. The molecule has 4 rings (SSSR count). The molecule has 228 valence electrons. The van der Waals surface area contributed by atoms with Gasteiger partial charge in [-0.05, 0) is 62.0 Å². The number of hydrogen-bond donors (Lipinski definition) is 3. The normalized spacial score (nSPS) is 17.5. The highest BCUT2D eigenvalue weighted by molar-refractivity contribution is 7.70. The molecule has 3 aromatic rings. The van der Waals surface area contributed by atoms with E-state index in [1.807, 2.05) is 0 Å². The molecule has 3 N–H and O–H groups in total. The van der Waals surface area contributed by atoms with Crippen molar-refractivity contribution in [2.45, 2.75) is 31.0 Å². The molecule has 2 aromatic carbocycles. The lowest BCUT2D eigenvalue weighted by atomic mass is 10.0. The number of ether oxygens (including phenoxy) is 1. The Hall–Kier alpha value is -2.84. The van der Waals surface area contributed by atoms with E-state index in [1.165, 1.54) is 0 Å². The van der Waals surface area contributed by atoms with Crippen LogP contribution in [-0.4, -0.2) is 81.4 Å². The second-order valence-electron chi connectivity index (χ2n) is 10.6. The minimum atomic E-state index is -4.49. The molecule has 1 aromatic heterocycles. The van der Waals surface area contributed by atoms with Crippen molar-refractivity contribution in [1.82, 2.24) is 4.90 Å². The number of piperidine rings is 1. The molecular formula is C29H33F5N3O3PS. The van der Waals surface area contributed by atoms with E-state index in [4.69, 9.17) is 9.84 Å². The number of aliphatic hydroxyl groups is 1. The molecule has 13 heteroatoms. The lowest BCUT2D eigenvalue weighted by Crippen LogP contribution is -2.53. The van der Waals surface area contributed by atoms with Crippen LogP contribution >= 0.6 is 18.5 Å². The summed E-state index contributed by atoms with van der Waals surface area (Å²) in [6.45, 7) is 3.17. The molecule has 0 radical (unpaired) electrons. The summed E-state index contributed by atoms with van der Waals surface area (Å²) in [7, 11) is -0.945. The van der Waals surface area contributed by atoms with Gasteiger partial charge in [0, 0.05) is 11.8 Å². The maximum Gasteiger partial charge on any atom is 0.393 e. The molecule has 0 saturated carbocycles. The van der Waals surface area contributed by atoms with Crippen LogP contribution in [0.2, 0.25) is 0 Å². The summed E-state index contributed by atoms with van der Waals surface area (Å²) in [5.41, 5.74) is 0.885. The Bertz CT molecular complexity index is 1530. The molecule has 42 heavy (non-hydrogen) atoms. The van der Waals surface area contributed by atoms with Crippen molar-refractivity contribution < 1.29 is 36.4 Å². The van der Waals surface area contributed by atoms with Gasteiger partial charge in [-0.15, -0.1) is 11.3 Å². The van der Waals surface area contributed by atoms with Gasteiger partial charge in [-0.25, -0.2) is 8.78 Å². The lowest BCUT2D eigenvalue weighted by molar-refractivity contribution is -0.126. The topological polar surface area (TPSA) is 73.8 Å². The van der Waals surface area contributed by atoms with Gasteiger partial charge in [0.2, 0.25) is 0 Å². The van der Waals surface area contributed by atoms with Crippen LogP contribution < -0.4 is 20.7 Å². The number of aliphatic hydroxyl groups excluding tert-OH is 1. The molecule has 1 aliphatic rings. The van der Waals surface area contributed by atoms with E-state index in [0.717, 1.165) is 11.3 Å². The maximum absolute atomic E-state index is 14.7. The van der Waals surface area contributed by atoms with E-state index < -0.39 is 38.2 Å². The van der Waals surface area contributed by atoms with Crippen molar-refractivity contribution >= 4 is 45.2 Å². The third-order valence-electron chi connectivity index (χ3n) is 6.82. The highest BCUT2D eigenvalue weighted by atomic mass is 32.1. The summed E-state index contributed by atoms with van der Waals surface area (Å²) in [5.74, 6) is 3.07. The molecule has 1 fully saturated rings. The molecule has 0 aliphatic carbocycles. The first-order chi connectivity index (χ1) is 19.7. The van der Waals surface area contributed by atoms with Gasteiger partial charge in [0.25, 0.3) is 5.92 Å². The highest BCUT2D eigenvalue weighted by Crippen LogP contribution is 2.41. The number of thiophene rings is 1. The standard InChI is InChI=1S/C29H33F5N3O3PS/c1-37-13-11-26(28(30,31)18-37)36-23-7-4-6-20-21(17-29(32,33)34)25(42-27(20)23)8-5-12-35-22-10-9-19(41(2,3)39)16-24(22)40-15-14-38/h4,6-7,9-10,16,26,35-36,38H,11-15,17-18H2,1-3H3. The minimum absolute atomic E-state index is 0.00625. The first-order valence-corrected chi connectivity index (χ1v) is 16.7. The molecule has 0 spiro atoms. The van der Waals surface area contributed by atoms with Crippen molar-refractivity contribution in [3.05, 3.63) is 46.8 Å². The molecular weight excluding hydrogens is 596 g/mol. The van der Waals surface area contributed by atoms with Crippen LogP contribution in [0.4, 0.5) is 33.3 Å². The van der Waals surface area contributed by atoms with Crippen LogP contribution in [0.25, 0.3) is 10.1 Å². The van der Waals surface area contributed by atoms with Crippen LogP contribution in [0.1, 0.15) is 16.9 Å². The summed E-state index contributed by atoms with van der Waals surface area (Å²) in [6.07, 6.45) is -5.50. The van der Waals surface area contributed by atoms with E-state index in [-0.39, 0.29) is 36.6 Å². The second kappa shape index (κ2) is 12.8. The number of nitrogens with one attached hydrogen (secondary N) is 2. The van der Waals surface area contributed by atoms with E-state index in [2.05, 4.69) is 22.5 Å². The Balaban J connectivity index is 1.62. The SMILES string of the molecule is CN1CCC(Nc2cccc3c(CC(F)(F)F)c(C#CCNc4ccc(P(C)(C)=O)cc4OCCO)sc23)C(F)(F)C1. The van der Waals surface area contributed by atoms with E-state index in [1.54, 1.807) is 61.7 Å². The zero-order chi connectivity index (χ0) is 30.7. The van der Waals surface area contributed by atoms with Crippen molar-refractivity contribution in [3.8, 4) is 17.6 Å². The first-order valence-electron chi connectivity index (χ1n) is 13.3. The van der Waals surface area contributed by atoms with Gasteiger partial charge in [-0.3, -0.25) is 0 Å². The Morgan fingerprint density at radius 1 is 1.21 bits per heavy atom. The fourth-order valence-electron chi connectivity index (χ4n) is 4.77. The van der Waals surface area contributed by atoms with E-state index >= 15 is 0 Å². The summed E-state index contributed by atoms with van der Waals surface area (Å²) < 4.78 is 88.7. The van der Waals surface area contributed by atoms with Crippen molar-refractivity contribution in [3.63, 3.8) is 0 Å². The van der Waals surface area contributed by atoms with Gasteiger partial charge in [-0.1, -0.05) is 24.0 Å². The highest BCUT2D eigenvalue weighted by Gasteiger charge is 2.44. The number of fused-ring (bicyclic) bond motifs is 1. The Labute approximate surface area is 245 Å². The third kappa shape index (κ3) is 7.95. The quantitative estimate of drug-likeness (QED) is 0.157. The number of likely N-dealkylation sites (tertiary alicyclic amines) is 1. The zero-order valence-corrected chi connectivity index (χ0v) is 25.2. The minimum Gasteiger partial charge on any atom is -0.489 e. The molecule has 1 aliphatic heterocycles.